The maximum Gasteiger partial charge on any atom is 0.229 e. The Bertz CT molecular complexity index is 1280. The number of ketones is 1. The normalized spacial score (nSPS) is 46.0. The topological polar surface area (TPSA) is 107 Å². The Morgan fingerprint density at radius 2 is 1.86 bits per heavy atom. The Balaban J connectivity index is 0.977. The lowest BCUT2D eigenvalue weighted by atomic mass is 9.44. The molecule has 4 saturated carbocycles. The number of fused-ring (bicyclic) bond motifs is 7. The SMILES string of the molecule is C[C@@H]1CC[C@@]2(OC1)O[C@H]1C[C@H]3[C@@H]4CC[C@H]5CC(NC(=O)CC(=O)NCc6ccccn6)CC[C@]5(C)[C@H]4CC(=O)[C@]3(C)[C@H]1[C@@H]2C. The smallest absolute Gasteiger partial charge is 0.229 e. The van der Waals surface area contributed by atoms with E-state index in [0.717, 1.165) is 63.7 Å². The van der Waals surface area contributed by atoms with E-state index in [1.165, 1.54) is 0 Å². The number of hydrogen-bond acceptors (Lipinski definition) is 6. The van der Waals surface area contributed by atoms with Crippen LogP contribution in [0.1, 0.15) is 97.6 Å². The lowest BCUT2D eigenvalue weighted by Crippen LogP contribution is -2.59. The van der Waals surface area contributed by atoms with Gasteiger partial charge in [-0.15, -0.1) is 0 Å². The molecule has 44 heavy (non-hydrogen) atoms. The van der Waals surface area contributed by atoms with Crippen molar-refractivity contribution in [3.05, 3.63) is 30.1 Å². The third-order valence-corrected chi connectivity index (χ3v) is 13.7. The van der Waals surface area contributed by atoms with Crippen molar-refractivity contribution in [2.75, 3.05) is 6.61 Å². The molecule has 0 aromatic carbocycles. The summed E-state index contributed by atoms with van der Waals surface area (Å²) in [5.74, 6) is 2.32. The molecule has 8 nitrogen and oxygen atoms in total. The predicted octanol–water partition coefficient (Wildman–Crippen LogP) is 5.20. The Hall–Kier alpha value is -2.32. The first-order valence-electron chi connectivity index (χ1n) is 17.3. The second kappa shape index (κ2) is 11.2. The molecule has 6 fully saturated rings. The van der Waals surface area contributed by atoms with Crippen molar-refractivity contribution in [3.8, 4) is 0 Å². The van der Waals surface area contributed by atoms with E-state index in [-0.39, 0.29) is 53.0 Å². The van der Waals surface area contributed by atoms with Crippen LogP contribution in [-0.4, -0.2) is 47.1 Å². The third kappa shape index (κ3) is 4.85. The van der Waals surface area contributed by atoms with Gasteiger partial charge in [0.15, 0.2) is 5.79 Å². The van der Waals surface area contributed by atoms with Gasteiger partial charge in [-0.05, 0) is 92.1 Å². The van der Waals surface area contributed by atoms with Crippen LogP contribution in [0.4, 0.5) is 0 Å². The second-order valence-electron chi connectivity index (χ2n) is 15.9. The summed E-state index contributed by atoms with van der Waals surface area (Å²) in [5.41, 5.74) is 0.548. The monoisotopic (exact) mass is 605 g/mol. The van der Waals surface area contributed by atoms with E-state index in [2.05, 4.69) is 43.3 Å². The molecule has 4 aliphatic carbocycles. The number of hydrogen-bond donors (Lipinski definition) is 2. The number of nitrogens with zero attached hydrogens (tertiary/aromatic N) is 1. The second-order valence-corrected chi connectivity index (χ2v) is 15.9. The summed E-state index contributed by atoms with van der Waals surface area (Å²) in [6, 6.07) is 5.64. The zero-order chi connectivity index (χ0) is 30.9. The maximum atomic E-state index is 14.3. The lowest BCUT2D eigenvalue weighted by Gasteiger charge is -2.60. The number of pyridine rings is 1. The van der Waals surface area contributed by atoms with E-state index < -0.39 is 5.79 Å². The third-order valence-electron chi connectivity index (χ3n) is 13.7. The Morgan fingerprint density at radius 3 is 2.61 bits per heavy atom. The van der Waals surface area contributed by atoms with Crippen molar-refractivity contribution in [2.45, 2.75) is 116 Å². The molecule has 2 N–H and O–H groups in total. The van der Waals surface area contributed by atoms with Gasteiger partial charge in [0.2, 0.25) is 11.8 Å². The Labute approximate surface area is 262 Å². The fraction of sp³-hybridized carbons (Fsp3) is 0.778. The molecule has 0 radical (unpaired) electrons. The molecule has 1 unspecified atom stereocenters. The summed E-state index contributed by atoms with van der Waals surface area (Å²) in [6.07, 6.45) is 10.5. The number of rotatable bonds is 5. The van der Waals surface area contributed by atoms with Crippen LogP contribution < -0.4 is 10.6 Å². The number of Topliss-reactive ketones (excluding diaryl/α,β-unsaturated/α-hetero) is 1. The number of carbonyl (C=O) groups excluding carboxylic acids is 3. The zero-order valence-corrected chi connectivity index (χ0v) is 27.0. The van der Waals surface area contributed by atoms with Crippen LogP contribution >= 0.6 is 0 Å². The minimum Gasteiger partial charge on any atom is -0.353 e. The molecular formula is C36H51N3O5. The van der Waals surface area contributed by atoms with Gasteiger partial charge >= 0.3 is 0 Å². The average Bonchev–Trinajstić information content (AvgIpc) is 3.45. The van der Waals surface area contributed by atoms with Crippen molar-refractivity contribution >= 4 is 17.6 Å². The predicted molar refractivity (Wildman–Crippen MR) is 165 cm³/mol. The summed E-state index contributed by atoms with van der Waals surface area (Å²) in [6.45, 7) is 10.3. The van der Waals surface area contributed by atoms with E-state index in [4.69, 9.17) is 9.47 Å². The first kappa shape index (κ1) is 30.3. The average molecular weight is 606 g/mol. The summed E-state index contributed by atoms with van der Waals surface area (Å²) in [5, 5.41) is 5.97. The summed E-state index contributed by atoms with van der Waals surface area (Å²) in [4.78, 5) is 43.8. The van der Waals surface area contributed by atoms with Gasteiger partial charge in [-0.2, -0.15) is 0 Å². The molecule has 240 valence electrons. The molecule has 2 aliphatic heterocycles. The van der Waals surface area contributed by atoms with Crippen LogP contribution in [0.2, 0.25) is 0 Å². The van der Waals surface area contributed by atoms with Crippen molar-refractivity contribution in [1.82, 2.24) is 15.6 Å². The largest absolute Gasteiger partial charge is 0.353 e. The Kier molecular flexibility index (Phi) is 7.71. The molecule has 3 heterocycles. The van der Waals surface area contributed by atoms with E-state index in [9.17, 15) is 14.4 Å². The summed E-state index contributed by atoms with van der Waals surface area (Å²) >= 11 is 0. The minimum atomic E-state index is -0.501. The zero-order valence-electron chi connectivity index (χ0n) is 27.0. The first-order valence-corrected chi connectivity index (χ1v) is 17.3. The number of carbonyl (C=O) groups is 3. The quantitative estimate of drug-likeness (QED) is 0.447. The molecule has 7 rings (SSSR count). The van der Waals surface area contributed by atoms with Gasteiger partial charge in [-0.1, -0.05) is 33.8 Å². The number of ether oxygens (including phenoxy) is 2. The molecular weight excluding hydrogens is 554 g/mol. The van der Waals surface area contributed by atoms with Gasteiger partial charge in [0.1, 0.15) is 12.2 Å². The fourth-order valence-corrected chi connectivity index (χ4v) is 11.3. The van der Waals surface area contributed by atoms with Crippen molar-refractivity contribution in [3.63, 3.8) is 0 Å². The molecule has 2 amide bonds. The van der Waals surface area contributed by atoms with Crippen LogP contribution in [0, 0.1) is 52.3 Å². The van der Waals surface area contributed by atoms with E-state index in [1.54, 1.807) is 6.20 Å². The standard InChI is InChI=1S/C36H51N3O5/c1-21-10-13-36(43-20-21)22(2)33-29(44-36)16-28-26-9-8-23-15-24(11-12-34(23,3)27(26)17-30(40)35(28,33)4)39-32(42)18-31(41)38-19-25-7-5-6-14-37-25/h5-7,14,21-24,26-29,33H,8-13,15-20H2,1-4H3,(H,38,41)(H,39,42)/t21-,22+,23+,24?,26-,27+,28+,29+,33+,34+,35-,36-/m1/s1. The van der Waals surface area contributed by atoms with E-state index in [0.29, 0.717) is 48.3 Å². The van der Waals surface area contributed by atoms with Crippen LogP contribution in [0.5, 0.6) is 0 Å². The summed E-state index contributed by atoms with van der Waals surface area (Å²) in [7, 11) is 0. The fourth-order valence-electron chi connectivity index (χ4n) is 11.3. The molecule has 12 atom stereocenters. The van der Waals surface area contributed by atoms with Crippen molar-refractivity contribution in [2.24, 2.45) is 52.3 Å². The summed E-state index contributed by atoms with van der Waals surface area (Å²) < 4.78 is 13.3. The van der Waals surface area contributed by atoms with Crippen LogP contribution in [0.15, 0.2) is 24.4 Å². The molecule has 0 bridgehead atoms. The highest BCUT2D eigenvalue weighted by molar-refractivity contribution is 5.96. The number of aromatic nitrogens is 1. The first-order chi connectivity index (χ1) is 21.0. The highest BCUT2D eigenvalue weighted by atomic mass is 16.7. The molecule has 2 saturated heterocycles. The lowest BCUT2D eigenvalue weighted by molar-refractivity contribution is -0.272. The van der Waals surface area contributed by atoms with Gasteiger partial charge in [0.05, 0.1) is 24.9 Å². The maximum absolute atomic E-state index is 14.3. The van der Waals surface area contributed by atoms with Crippen LogP contribution in [-0.2, 0) is 30.4 Å². The van der Waals surface area contributed by atoms with Gasteiger partial charge in [0.25, 0.3) is 0 Å². The van der Waals surface area contributed by atoms with E-state index in [1.807, 2.05) is 18.2 Å². The van der Waals surface area contributed by atoms with Crippen molar-refractivity contribution < 1.29 is 23.9 Å². The van der Waals surface area contributed by atoms with Crippen molar-refractivity contribution in [1.29, 1.82) is 0 Å². The molecule has 6 aliphatic rings. The highest BCUT2D eigenvalue weighted by Crippen LogP contribution is 2.70. The molecule has 1 spiro atoms. The number of nitrogens with one attached hydrogen (secondary N) is 2. The van der Waals surface area contributed by atoms with E-state index >= 15 is 0 Å². The minimum absolute atomic E-state index is 0.0831. The molecule has 8 heteroatoms. The van der Waals surface area contributed by atoms with Gasteiger partial charge in [0, 0.05) is 42.3 Å². The van der Waals surface area contributed by atoms with Crippen LogP contribution in [0.3, 0.4) is 0 Å². The van der Waals surface area contributed by atoms with Gasteiger partial charge in [-0.3, -0.25) is 19.4 Å². The molecule has 1 aromatic heterocycles. The highest BCUT2D eigenvalue weighted by Gasteiger charge is 2.71. The molecule has 1 aromatic rings. The van der Waals surface area contributed by atoms with Gasteiger partial charge in [-0.25, -0.2) is 0 Å². The number of amides is 2. The van der Waals surface area contributed by atoms with Crippen LogP contribution in [0.25, 0.3) is 0 Å². The Morgan fingerprint density at radius 1 is 1.02 bits per heavy atom. The van der Waals surface area contributed by atoms with Gasteiger partial charge < -0.3 is 20.1 Å².